The average Bonchev–Trinajstić information content (AvgIpc) is 2.57. The molecule has 2 rings (SSSR count). The number of carbonyl (C=O) groups excluding carboxylic acids is 1. The summed E-state index contributed by atoms with van der Waals surface area (Å²) in [6.45, 7) is 11.3. The molecule has 3 nitrogen and oxygen atoms in total. The van der Waals surface area contributed by atoms with Crippen LogP contribution in [0.1, 0.15) is 64.2 Å². The van der Waals surface area contributed by atoms with Crippen molar-refractivity contribution in [1.29, 1.82) is 0 Å². The maximum atomic E-state index is 12.9. The van der Waals surface area contributed by atoms with Gasteiger partial charge in [0, 0.05) is 29.7 Å². The summed E-state index contributed by atoms with van der Waals surface area (Å²) in [6.07, 6.45) is 3.13. The first-order valence-corrected chi connectivity index (χ1v) is 8.88. The van der Waals surface area contributed by atoms with E-state index in [1.165, 1.54) is 0 Å². The lowest BCUT2D eigenvalue weighted by Crippen LogP contribution is -2.68. The zero-order chi connectivity index (χ0) is 17.3. The van der Waals surface area contributed by atoms with Crippen LogP contribution in [-0.2, 0) is 0 Å². The first-order chi connectivity index (χ1) is 10.8. The van der Waals surface area contributed by atoms with Gasteiger partial charge in [-0.1, -0.05) is 39.0 Å². The van der Waals surface area contributed by atoms with Gasteiger partial charge in [-0.25, -0.2) is 0 Å². The normalized spacial score (nSPS) is 34.2. The van der Waals surface area contributed by atoms with E-state index in [4.69, 9.17) is 0 Å². The summed E-state index contributed by atoms with van der Waals surface area (Å²) in [7, 11) is 1.97. The van der Waals surface area contributed by atoms with Gasteiger partial charge in [0.25, 0.3) is 5.91 Å². The molecule has 4 atom stereocenters. The van der Waals surface area contributed by atoms with Crippen molar-refractivity contribution in [2.75, 3.05) is 7.05 Å². The number of carbonyl (C=O) groups is 1. The van der Waals surface area contributed by atoms with E-state index in [2.05, 4.69) is 39.9 Å². The van der Waals surface area contributed by atoms with Gasteiger partial charge in [-0.15, -0.1) is 0 Å². The third-order valence-electron chi connectivity index (χ3n) is 6.18. The molecule has 0 aliphatic carbocycles. The number of nitrogens with zero attached hydrogens (tertiary/aromatic N) is 1. The lowest BCUT2D eigenvalue weighted by Gasteiger charge is -2.55. The van der Waals surface area contributed by atoms with Gasteiger partial charge < -0.3 is 10.2 Å². The molecular formula is C20H32N2O. The third-order valence-corrected chi connectivity index (χ3v) is 6.18. The van der Waals surface area contributed by atoms with Crippen LogP contribution in [0.25, 0.3) is 0 Å². The predicted molar refractivity (Wildman–Crippen MR) is 96.6 cm³/mol. The standard InChI is InChI=1S/C20H32N2O/c1-7-19(4)14-17(15(3)20(5,8-2)21-19)22(6)18(23)16-12-10-9-11-13-16/h9-13,15,17,21H,7-8,14H2,1-6H3. The Morgan fingerprint density at radius 3 is 2.35 bits per heavy atom. The number of hydrogen-bond acceptors (Lipinski definition) is 2. The molecule has 1 aromatic rings. The third kappa shape index (κ3) is 3.45. The van der Waals surface area contributed by atoms with Crippen LogP contribution < -0.4 is 5.32 Å². The van der Waals surface area contributed by atoms with Gasteiger partial charge in [-0.05, 0) is 51.2 Å². The zero-order valence-electron chi connectivity index (χ0n) is 15.5. The van der Waals surface area contributed by atoms with Crippen molar-refractivity contribution in [3.05, 3.63) is 35.9 Å². The first kappa shape index (κ1) is 18.0. The summed E-state index contributed by atoms with van der Waals surface area (Å²) in [6, 6.07) is 9.87. The maximum absolute atomic E-state index is 12.9. The van der Waals surface area contributed by atoms with Crippen molar-refractivity contribution < 1.29 is 4.79 Å². The van der Waals surface area contributed by atoms with E-state index in [0.717, 1.165) is 24.8 Å². The molecule has 128 valence electrons. The molecular weight excluding hydrogens is 284 g/mol. The van der Waals surface area contributed by atoms with Gasteiger partial charge in [0.2, 0.25) is 0 Å². The molecule has 0 aromatic heterocycles. The van der Waals surface area contributed by atoms with Crippen LogP contribution in [-0.4, -0.2) is 35.0 Å². The zero-order valence-corrected chi connectivity index (χ0v) is 15.5. The highest BCUT2D eigenvalue weighted by molar-refractivity contribution is 5.94. The van der Waals surface area contributed by atoms with E-state index in [-0.39, 0.29) is 23.0 Å². The fourth-order valence-electron chi connectivity index (χ4n) is 3.97. The van der Waals surface area contributed by atoms with Crippen molar-refractivity contribution >= 4 is 5.91 Å². The molecule has 0 saturated carbocycles. The van der Waals surface area contributed by atoms with Gasteiger partial charge in [0.05, 0.1) is 0 Å². The molecule has 0 bridgehead atoms. The quantitative estimate of drug-likeness (QED) is 0.907. The van der Waals surface area contributed by atoms with Crippen molar-refractivity contribution in [3.63, 3.8) is 0 Å². The Kier molecular flexibility index (Phi) is 5.20. The molecule has 23 heavy (non-hydrogen) atoms. The van der Waals surface area contributed by atoms with E-state index < -0.39 is 0 Å². The fraction of sp³-hybridized carbons (Fsp3) is 0.650. The molecule has 1 aromatic carbocycles. The van der Waals surface area contributed by atoms with Crippen LogP contribution in [0.15, 0.2) is 30.3 Å². The number of hydrogen-bond donors (Lipinski definition) is 1. The average molecular weight is 316 g/mol. The molecule has 1 N–H and O–H groups in total. The number of amides is 1. The van der Waals surface area contributed by atoms with E-state index in [1.807, 2.05) is 42.3 Å². The van der Waals surface area contributed by atoms with Crippen LogP contribution in [0.2, 0.25) is 0 Å². The van der Waals surface area contributed by atoms with E-state index in [9.17, 15) is 4.79 Å². The van der Waals surface area contributed by atoms with Crippen molar-refractivity contribution in [2.24, 2.45) is 5.92 Å². The van der Waals surface area contributed by atoms with Crippen LogP contribution in [0.5, 0.6) is 0 Å². The molecule has 1 fully saturated rings. The molecule has 1 aliphatic rings. The fourth-order valence-corrected chi connectivity index (χ4v) is 3.97. The molecule has 4 unspecified atom stereocenters. The second-order valence-corrected chi connectivity index (χ2v) is 7.65. The predicted octanol–water partition coefficient (Wildman–Crippen LogP) is 4.09. The van der Waals surface area contributed by atoms with Crippen LogP contribution in [0.3, 0.4) is 0 Å². The molecule has 1 amide bonds. The molecule has 1 saturated heterocycles. The Morgan fingerprint density at radius 2 is 1.83 bits per heavy atom. The van der Waals surface area contributed by atoms with Crippen molar-refractivity contribution in [1.82, 2.24) is 10.2 Å². The summed E-state index contributed by atoms with van der Waals surface area (Å²) in [4.78, 5) is 14.9. The minimum atomic E-state index is 0.0545. The SMILES string of the molecule is CCC1(C)CC(N(C)C(=O)c2ccccc2)C(C)C(C)(CC)N1. The molecule has 1 heterocycles. The molecule has 1 aliphatic heterocycles. The largest absolute Gasteiger partial charge is 0.338 e. The Labute approximate surface area is 141 Å². The molecule has 3 heteroatoms. The number of nitrogens with one attached hydrogen (secondary N) is 1. The Bertz CT molecular complexity index is 544. The summed E-state index contributed by atoms with van der Waals surface area (Å²) in [5.74, 6) is 0.533. The second kappa shape index (κ2) is 6.64. The number of benzene rings is 1. The van der Waals surface area contributed by atoms with Crippen LogP contribution in [0, 0.1) is 5.92 Å². The second-order valence-electron chi connectivity index (χ2n) is 7.65. The molecule has 0 spiro atoms. The number of piperidine rings is 1. The number of rotatable bonds is 4. The Hall–Kier alpha value is -1.35. The van der Waals surface area contributed by atoms with Gasteiger partial charge in [-0.2, -0.15) is 0 Å². The Morgan fingerprint density at radius 1 is 1.22 bits per heavy atom. The van der Waals surface area contributed by atoms with E-state index in [1.54, 1.807) is 0 Å². The summed E-state index contributed by atoms with van der Waals surface area (Å²) >= 11 is 0. The topological polar surface area (TPSA) is 32.3 Å². The first-order valence-electron chi connectivity index (χ1n) is 8.88. The highest BCUT2D eigenvalue weighted by Gasteiger charge is 2.48. The highest BCUT2D eigenvalue weighted by atomic mass is 16.2. The van der Waals surface area contributed by atoms with Gasteiger partial charge in [-0.3, -0.25) is 4.79 Å². The van der Waals surface area contributed by atoms with E-state index in [0.29, 0.717) is 5.92 Å². The highest BCUT2D eigenvalue weighted by Crippen LogP contribution is 2.39. The lowest BCUT2D eigenvalue weighted by atomic mass is 9.68. The molecule has 0 radical (unpaired) electrons. The summed E-state index contributed by atoms with van der Waals surface area (Å²) in [5, 5.41) is 3.88. The van der Waals surface area contributed by atoms with Crippen molar-refractivity contribution in [3.8, 4) is 0 Å². The van der Waals surface area contributed by atoms with E-state index >= 15 is 0 Å². The monoisotopic (exact) mass is 316 g/mol. The smallest absolute Gasteiger partial charge is 0.253 e. The van der Waals surface area contributed by atoms with Crippen LogP contribution in [0.4, 0.5) is 0 Å². The Balaban J connectivity index is 2.30. The van der Waals surface area contributed by atoms with Gasteiger partial charge in [0.1, 0.15) is 0 Å². The summed E-state index contributed by atoms with van der Waals surface area (Å²) in [5.41, 5.74) is 0.906. The maximum Gasteiger partial charge on any atom is 0.253 e. The summed E-state index contributed by atoms with van der Waals surface area (Å²) < 4.78 is 0. The minimum Gasteiger partial charge on any atom is -0.338 e. The van der Waals surface area contributed by atoms with Gasteiger partial charge >= 0.3 is 0 Å². The van der Waals surface area contributed by atoms with Crippen molar-refractivity contribution in [2.45, 2.75) is 71.0 Å². The van der Waals surface area contributed by atoms with Crippen LogP contribution >= 0.6 is 0 Å². The van der Waals surface area contributed by atoms with Gasteiger partial charge in [0.15, 0.2) is 0 Å². The minimum absolute atomic E-state index is 0.0545. The lowest BCUT2D eigenvalue weighted by molar-refractivity contribution is 0.0104.